The van der Waals surface area contributed by atoms with Crippen molar-refractivity contribution in [2.75, 3.05) is 11.5 Å². The van der Waals surface area contributed by atoms with Crippen molar-refractivity contribution in [2.45, 2.75) is 13.8 Å². The average molecular weight is 577 g/mol. The first kappa shape index (κ1) is 29.6. The molecule has 0 amide bonds. The van der Waals surface area contributed by atoms with Crippen LogP contribution in [0.4, 0.5) is 11.4 Å². The molecule has 0 aliphatic heterocycles. The average Bonchev–Trinajstić information content (AvgIpc) is 2.82. The number of aryl methyl sites for hydroxylation is 2. The molecule has 0 spiro atoms. The molecule has 2 heterocycles. The molecule has 13 heteroatoms. The molecule has 0 fully saturated rings. The van der Waals surface area contributed by atoms with Crippen molar-refractivity contribution in [3.8, 4) is 0 Å². The minimum absolute atomic E-state index is 0. The van der Waals surface area contributed by atoms with Gasteiger partial charge in [0.1, 0.15) is 0 Å². The number of nitrogen functional groups attached to an aromatic ring is 2. The van der Waals surface area contributed by atoms with E-state index in [1.165, 1.54) is 12.4 Å². The second-order valence-corrected chi connectivity index (χ2v) is 8.51. The number of fused-ring (bicyclic) bond motifs is 2. The van der Waals surface area contributed by atoms with E-state index in [1.807, 2.05) is 50.2 Å². The Morgan fingerprint density at radius 3 is 1.49 bits per heavy atom. The van der Waals surface area contributed by atoms with Crippen molar-refractivity contribution in [1.82, 2.24) is 9.97 Å². The Hall–Kier alpha value is -3.61. The second kappa shape index (κ2) is 13.6. The van der Waals surface area contributed by atoms with Crippen LogP contribution in [0.5, 0.6) is 0 Å². The van der Waals surface area contributed by atoms with Crippen molar-refractivity contribution in [3.63, 3.8) is 0 Å². The molecule has 0 radical (unpaired) electrons. The smallest absolute Gasteiger partial charge is 0.183 e. The van der Waals surface area contributed by atoms with Crippen LogP contribution in [-0.2, 0) is 40.9 Å². The van der Waals surface area contributed by atoms with Gasteiger partial charge in [0.25, 0.3) is 0 Å². The molecule has 0 aliphatic rings. The van der Waals surface area contributed by atoms with Crippen LogP contribution in [0.1, 0.15) is 22.5 Å². The van der Waals surface area contributed by atoms with Crippen LogP contribution in [0.25, 0.3) is 32.4 Å². The van der Waals surface area contributed by atoms with Gasteiger partial charge in [-0.25, -0.2) is 0 Å². The van der Waals surface area contributed by atoms with Gasteiger partial charge < -0.3 is 32.5 Å². The topological polar surface area (TPSA) is 183 Å². The quantitative estimate of drug-likeness (QED) is 0.0549. The van der Waals surface area contributed by atoms with E-state index in [4.69, 9.17) is 22.9 Å². The molecule has 0 saturated carbocycles. The van der Waals surface area contributed by atoms with Crippen LogP contribution < -0.4 is 22.9 Å². The van der Waals surface area contributed by atoms with E-state index < -0.39 is 0 Å². The maximum atomic E-state index is 5.97. The molecule has 2 aromatic carbocycles. The van der Waals surface area contributed by atoms with Gasteiger partial charge in [-0.15, -0.1) is 0 Å². The zero-order valence-electron chi connectivity index (χ0n) is 20.0. The fourth-order valence-electron chi connectivity index (χ4n) is 3.54. The first-order valence-electron chi connectivity index (χ1n) is 10.6. The number of aromatic nitrogens is 2. The molecule has 0 atom stereocenters. The van der Waals surface area contributed by atoms with Crippen molar-refractivity contribution in [3.05, 3.63) is 82.2 Å². The third kappa shape index (κ3) is 7.69. The van der Waals surface area contributed by atoms with Gasteiger partial charge in [0.05, 0.1) is 11.4 Å². The second-order valence-electron chi connectivity index (χ2n) is 7.60. The number of anilines is 2. The minimum Gasteiger partial charge on any atom is -0.515 e. The standard InChI is InChI=1S/2C12H13N5S.Ni/c2*1-7-5-15-10(6-16-17-12(14)18)8-3-2-4-9(13)11(7)8;/h2*2-6H,1H3,(H5,13,14,15,16,17,18);. The van der Waals surface area contributed by atoms with Crippen LogP contribution >= 0.6 is 0 Å². The first-order valence-corrected chi connectivity index (χ1v) is 11.5. The Morgan fingerprint density at radius 2 is 1.14 bits per heavy atom. The van der Waals surface area contributed by atoms with E-state index in [2.05, 4.69) is 55.5 Å². The molecular formula is C24H26N10NiS2. The predicted molar refractivity (Wildman–Crippen MR) is 160 cm³/mol. The molecule has 4 aromatic rings. The number of thiol groups is 2. The van der Waals surface area contributed by atoms with Gasteiger partial charge in [-0.2, -0.15) is 0 Å². The molecule has 8 N–H and O–H groups in total. The summed E-state index contributed by atoms with van der Waals surface area (Å²) in [4.78, 5) is 8.61. The predicted octanol–water partition coefficient (Wildman–Crippen LogP) is 2.31. The van der Waals surface area contributed by atoms with Crippen molar-refractivity contribution < 1.29 is 16.5 Å². The molecule has 0 unspecified atom stereocenters. The Morgan fingerprint density at radius 1 is 0.757 bits per heavy atom. The van der Waals surface area contributed by atoms with Gasteiger partial charge >= 0.3 is 0 Å². The van der Waals surface area contributed by atoms with Gasteiger partial charge in [0, 0.05) is 74.2 Å². The van der Waals surface area contributed by atoms with Crippen molar-refractivity contribution in [1.29, 1.82) is 0 Å². The normalized spacial score (nSPS) is 10.7. The van der Waals surface area contributed by atoms with E-state index in [0.29, 0.717) is 11.4 Å². The summed E-state index contributed by atoms with van der Waals surface area (Å²) in [5.41, 5.74) is 34.6. The summed E-state index contributed by atoms with van der Waals surface area (Å²) in [6.07, 6.45) is 6.58. The SMILES string of the molecule is Cc1cnc(C=N[N-]C(N)=[SH+])c2cccc(N)c12.Cc1cnc(C=N[N-]C(N)=[SH+])c2cccc(N)c12.[Ni]. The summed E-state index contributed by atoms with van der Waals surface area (Å²) in [7, 11) is 0. The van der Waals surface area contributed by atoms with Gasteiger partial charge in [0.15, 0.2) is 34.7 Å². The Labute approximate surface area is 234 Å². The molecule has 0 saturated heterocycles. The summed E-state index contributed by atoms with van der Waals surface area (Å²) in [5, 5.41) is 11.7. The van der Waals surface area contributed by atoms with Crippen molar-refractivity contribution in [2.24, 2.45) is 21.7 Å². The summed E-state index contributed by atoms with van der Waals surface area (Å²) < 4.78 is 0. The summed E-state index contributed by atoms with van der Waals surface area (Å²) in [5.74, 6) is 0. The number of nitrogens with two attached hydrogens (primary N) is 4. The fraction of sp³-hybridized carbons (Fsp3) is 0.0833. The van der Waals surface area contributed by atoms with Crippen LogP contribution in [0.15, 0.2) is 59.0 Å². The van der Waals surface area contributed by atoms with Gasteiger partial charge in [-0.3, -0.25) is 21.4 Å². The zero-order chi connectivity index (χ0) is 26.2. The number of hydrogen-bond donors (Lipinski definition) is 4. The van der Waals surface area contributed by atoms with E-state index in [-0.39, 0.29) is 26.7 Å². The van der Waals surface area contributed by atoms with Crippen LogP contribution in [-0.4, -0.2) is 32.6 Å². The third-order valence-corrected chi connectivity index (χ3v) is 5.19. The molecule has 0 aliphatic carbocycles. The Balaban J connectivity index is 0.000000253. The molecule has 10 nitrogen and oxygen atoms in total. The van der Waals surface area contributed by atoms with Crippen LogP contribution in [0, 0.1) is 13.8 Å². The summed E-state index contributed by atoms with van der Waals surface area (Å²) in [6, 6.07) is 11.4. The van der Waals surface area contributed by atoms with Gasteiger partial charge in [0.2, 0.25) is 0 Å². The van der Waals surface area contributed by atoms with Gasteiger partial charge in [-0.05, 0) is 37.1 Å². The maximum Gasteiger partial charge on any atom is 0.183 e. The Kier molecular flexibility index (Phi) is 10.9. The molecule has 37 heavy (non-hydrogen) atoms. The summed E-state index contributed by atoms with van der Waals surface area (Å²) in [6.45, 7) is 3.94. The van der Waals surface area contributed by atoms with E-state index >= 15 is 0 Å². The molecule has 2 aromatic heterocycles. The Bertz CT molecular complexity index is 1370. The number of hydrogen-bond acceptors (Lipinski definition) is 6. The minimum atomic E-state index is 0. The van der Waals surface area contributed by atoms with E-state index in [9.17, 15) is 0 Å². The van der Waals surface area contributed by atoms with Crippen molar-refractivity contribution >= 4 is 80.0 Å². The molecule has 4 rings (SSSR count). The molecular weight excluding hydrogens is 551 g/mol. The number of nitrogens with zero attached hydrogens (tertiary/aromatic N) is 6. The number of rotatable bonds is 4. The molecule has 0 bridgehead atoms. The monoisotopic (exact) mass is 576 g/mol. The number of benzene rings is 2. The first-order chi connectivity index (χ1) is 17.2. The van der Waals surface area contributed by atoms with E-state index in [0.717, 1.165) is 44.0 Å². The van der Waals surface area contributed by atoms with Gasteiger partial charge in [-0.1, -0.05) is 24.3 Å². The van der Waals surface area contributed by atoms with Crippen LogP contribution in [0.2, 0.25) is 0 Å². The fourth-order valence-corrected chi connectivity index (χ4v) is 3.64. The summed E-state index contributed by atoms with van der Waals surface area (Å²) >= 11 is 7.65. The molecule has 194 valence electrons. The maximum absolute atomic E-state index is 5.97. The largest absolute Gasteiger partial charge is 0.515 e. The third-order valence-electron chi connectivity index (χ3n) is 5.01. The van der Waals surface area contributed by atoms with E-state index in [1.54, 1.807) is 12.4 Å². The number of pyridine rings is 2. The van der Waals surface area contributed by atoms with Crippen LogP contribution in [0.3, 0.4) is 0 Å². The zero-order valence-corrected chi connectivity index (χ0v) is 22.8.